The molecule has 160 valence electrons. The Morgan fingerprint density at radius 1 is 1.25 bits per heavy atom. The summed E-state index contributed by atoms with van der Waals surface area (Å²) in [5.74, 6) is 0.744. The second kappa shape index (κ2) is 8.73. The van der Waals surface area contributed by atoms with Crippen molar-refractivity contribution in [1.82, 2.24) is 24.7 Å². The van der Waals surface area contributed by atoms with E-state index in [1.165, 1.54) is 29.4 Å². The zero-order chi connectivity index (χ0) is 22.1. The number of hydrogen-bond donors (Lipinski definition) is 1. The highest BCUT2D eigenvalue weighted by atomic mass is 35.5. The lowest BCUT2D eigenvalue weighted by molar-refractivity contribution is -0.113. The van der Waals surface area contributed by atoms with E-state index in [0.717, 1.165) is 27.0 Å². The third kappa shape index (κ3) is 3.99. The van der Waals surface area contributed by atoms with Crippen LogP contribution in [-0.4, -0.2) is 43.5 Å². The van der Waals surface area contributed by atoms with Gasteiger partial charge >= 0.3 is 0 Å². The molecule has 32 heavy (non-hydrogen) atoms. The standard InChI is InChI=1S/C21H15ClN6O2S2/c1-30-12-6-7-15-17(8-12)32-21(26-15)27-18(29)10-31-20-13-9-25-28(19(13)23-11-24-20)16-5-3-2-4-14(16)22/h2-9,11H,10H2,1H3,(H,26,27,29). The Morgan fingerprint density at radius 2 is 2.12 bits per heavy atom. The van der Waals surface area contributed by atoms with Crippen LogP contribution in [0.2, 0.25) is 5.02 Å². The van der Waals surface area contributed by atoms with Gasteiger partial charge in [-0.15, -0.1) is 0 Å². The summed E-state index contributed by atoms with van der Waals surface area (Å²) in [5, 5.41) is 9.79. The fraction of sp³-hybridized carbons (Fsp3) is 0.0952. The van der Waals surface area contributed by atoms with Crippen LogP contribution in [0, 0.1) is 0 Å². The number of halogens is 1. The molecule has 3 heterocycles. The van der Waals surface area contributed by atoms with Crippen molar-refractivity contribution in [2.24, 2.45) is 0 Å². The number of nitrogens with one attached hydrogen (secondary N) is 1. The van der Waals surface area contributed by atoms with Crippen LogP contribution in [0.25, 0.3) is 26.9 Å². The molecule has 8 nitrogen and oxygen atoms in total. The Hall–Kier alpha value is -3.21. The molecule has 0 saturated heterocycles. The molecule has 0 aliphatic heterocycles. The van der Waals surface area contributed by atoms with Crippen LogP contribution in [0.4, 0.5) is 5.13 Å². The van der Waals surface area contributed by atoms with Crippen LogP contribution < -0.4 is 10.1 Å². The van der Waals surface area contributed by atoms with Gasteiger partial charge in [0.15, 0.2) is 10.8 Å². The highest BCUT2D eigenvalue weighted by Gasteiger charge is 2.15. The molecule has 0 saturated carbocycles. The summed E-state index contributed by atoms with van der Waals surface area (Å²) in [5.41, 5.74) is 2.16. The van der Waals surface area contributed by atoms with Crippen LogP contribution in [0.3, 0.4) is 0 Å². The third-order valence-corrected chi connectivity index (χ3v) is 6.85. The van der Waals surface area contributed by atoms with E-state index in [-0.39, 0.29) is 11.7 Å². The SMILES string of the molecule is COc1ccc2nc(NC(=O)CSc3ncnc4c3cnn4-c3ccccc3Cl)sc2c1. The number of ether oxygens (including phenoxy) is 1. The van der Waals surface area contributed by atoms with E-state index in [0.29, 0.717) is 20.8 Å². The predicted octanol–water partition coefficient (Wildman–Crippen LogP) is 4.82. The first kappa shape index (κ1) is 20.7. The number of fused-ring (bicyclic) bond motifs is 2. The molecule has 0 aliphatic rings. The zero-order valence-electron chi connectivity index (χ0n) is 16.7. The summed E-state index contributed by atoms with van der Waals surface area (Å²) in [7, 11) is 1.62. The molecule has 0 fully saturated rings. The van der Waals surface area contributed by atoms with Crippen molar-refractivity contribution in [3.05, 3.63) is 60.0 Å². The minimum atomic E-state index is -0.175. The van der Waals surface area contributed by atoms with Crippen molar-refractivity contribution in [3.8, 4) is 11.4 Å². The van der Waals surface area contributed by atoms with E-state index in [4.69, 9.17) is 16.3 Å². The fourth-order valence-electron chi connectivity index (χ4n) is 3.11. The van der Waals surface area contributed by atoms with Crippen molar-refractivity contribution in [3.63, 3.8) is 0 Å². The molecule has 3 aromatic heterocycles. The lowest BCUT2D eigenvalue weighted by atomic mass is 10.3. The summed E-state index contributed by atoms with van der Waals surface area (Å²) in [6.07, 6.45) is 3.14. The van der Waals surface area contributed by atoms with Crippen molar-refractivity contribution >= 4 is 67.0 Å². The van der Waals surface area contributed by atoms with Gasteiger partial charge in [0.05, 0.1) is 45.4 Å². The minimum absolute atomic E-state index is 0.169. The van der Waals surface area contributed by atoms with E-state index in [1.807, 2.05) is 36.4 Å². The molecule has 0 bridgehead atoms. The van der Waals surface area contributed by atoms with Crippen LogP contribution in [0.1, 0.15) is 0 Å². The van der Waals surface area contributed by atoms with Gasteiger partial charge in [-0.1, -0.05) is 46.8 Å². The first-order valence-corrected chi connectivity index (χ1v) is 11.6. The third-order valence-electron chi connectivity index (χ3n) is 4.59. The first-order chi connectivity index (χ1) is 15.6. The van der Waals surface area contributed by atoms with Gasteiger partial charge in [0, 0.05) is 0 Å². The number of anilines is 1. The van der Waals surface area contributed by atoms with Gasteiger partial charge in [-0.3, -0.25) is 4.79 Å². The van der Waals surface area contributed by atoms with Crippen molar-refractivity contribution in [2.45, 2.75) is 5.03 Å². The van der Waals surface area contributed by atoms with Gasteiger partial charge in [-0.25, -0.2) is 19.6 Å². The maximum Gasteiger partial charge on any atom is 0.236 e. The topological polar surface area (TPSA) is 94.8 Å². The Bertz CT molecular complexity index is 1450. The van der Waals surface area contributed by atoms with Crippen molar-refractivity contribution < 1.29 is 9.53 Å². The van der Waals surface area contributed by atoms with E-state index in [1.54, 1.807) is 24.1 Å². The monoisotopic (exact) mass is 482 g/mol. The minimum Gasteiger partial charge on any atom is -0.497 e. The number of nitrogens with zero attached hydrogens (tertiary/aromatic N) is 5. The average Bonchev–Trinajstić information content (AvgIpc) is 3.41. The number of methoxy groups -OCH3 is 1. The molecule has 5 rings (SSSR count). The number of thioether (sulfide) groups is 1. The molecular weight excluding hydrogens is 468 g/mol. The number of carbonyl (C=O) groups excluding carboxylic acids is 1. The molecule has 0 aliphatic carbocycles. The number of hydrogen-bond acceptors (Lipinski definition) is 8. The quantitative estimate of drug-likeness (QED) is 0.274. The number of benzene rings is 2. The molecule has 0 radical (unpaired) electrons. The average molecular weight is 483 g/mol. The zero-order valence-corrected chi connectivity index (χ0v) is 19.0. The number of aromatic nitrogens is 5. The van der Waals surface area contributed by atoms with Crippen molar-refractivity contribution in [2.75, 3.05) is 18.2 Å². The number of rotatable bonds is 6. The lowest BCUT2D eigenvalue weighted by Gasteiger charge is -2.06. The highest BCUT2D eigenvalue weighted by molar-refractivity contribution is 8.00. The van der Waals surface area contributed by atoms with Gasteiger partial charge in [0.1, 0.15) is 17.1 Å². The Balaban J connectivity index is 1.32. The van der Waals surface area contributed by atoms with Crippen molar-refractivity contribution in [1.29, 1.82) is 0 Å². The van der Waals surface area contributed by atoms with Crippen LogP contribution >= 0.6 is 34.7 Å². The molecule has 11 heteroatoms. The van der Waals surface area contributed by atoms with Gasteiger partial charge in [0.2, 0.25) is 5.91 Å². The van der Waals surface area contributed by atoms with Gasteiger partial charge in [-0.2, -0.15) is 5.10 Å². The maximum atomic E-state index is 12.5. The number of thiazole rings is 1. The van der Waals surface area contributed by atoms with Crippen LogP contribution in [0.5, 0.6) is 5.75 Å². The van der Waals surface area contributed by atoms with Crippen LogP contribution in [0.15, 0.2) is 60.0 Å². The summed E-state index contributed by atoms with van der Waals surface area (Å²) in [4.78, 5) is 25.6. The summed E-state index contributed by atoms with van der Waals surface area (Å²) < 4.78 is 7.84. The Morgan fingerprint density at radius 3 is 2.97 bits per heavy atom. The summed E-state index contributed by atoms with van der Waals surface area (Å²) in [6.45, 7) is 0. The summed E-state index contributed by atoms with van der Waals surface area (Å²) in [6, 6.07) is 13.0. The van der Waals surface area contributed by atoms with E-state index < -0.39 is 0 Å². The Labute approximate surface area is 195 Å². The number of amides is 1. The van der Waals surface area contributed by atoms with Gasteiger partial charge in [-0.05, 0) is 30.3 Å². The fourth-order valence-corrected chi connectivity index (χ4v) is 5.00. The molecule has 2 aromatic carbocycles. The molecule has 1 amide bonds. The van der Waals surface area contributed by atoms with E-state index in [9.17, 15) is 4.79 Å². The van der Waals surface area contributed by atoms with Crippen LogP contribution in [-0.2, 0) is 4.79 Å². The second-order valence-corrected chi connectivity index (χ2v) is 9.02. The molecular formula is C21H15ClN6O2S2. The van der Waals surface area contributed by atoms with Gasteiger partial charge < -0.3 is 10.1 Å². The molecule has 1 N–H and O–H groups in total. The molecule has 0 unspecified atom stereocenters. The molecule has 0 atom stereocenters. The number of carbonyl (C=O) groups is 1. The summed E-state index contributed by atoms with van der Waals surface area (Å²) >= 11 is 9.02. The number of para-hydroxylation sites is 1. The van der Waals surface area contributed by atoms with Gasteiger partial charge in [0.25, 0.3) is 0 Å². The maximum absolute atomic E-state index is 12.5. The smallest absolute Gasteiger partial charge is 0.236 e. The molecule has 0 spiro atoms. The second-order valence-electron chi connectivity index (χ2n) is 6.61. The first-order valence-electron chi connectivity index (χ1n) is 9.43. The Kier molecular flexibility index (Phi) is 5.64. The lowest BCUT2D eigenvalue weighted by Crippen LogP contribution is -2.13. The normalized spacial score (nSPS) is 11.2. The van der Waals surface area contributed by atoms with E-state index in [2.05, 4.69) is 25.4 Å². The largest absolute Gasteiger partial charge is 0.497 e. The highest BCUT2D eigenvalue weighted by Crippen LogP contribution is 2.30. The van der Waals surface area contributed by atoms with E-state index >= 15 is 0 Å². The molecule has 5 aromatic rings. The predicted molar refractivity (Wildman–Crippen MR) is 127 cm³/mol.